The van der Waals surface area contributed by atoms with E-state index in [0.29, 0.717) is 0 Å². The molecule has 0 atom stereocenters. The van der Waals surface area contributed by atoms with Gasteiger partial charge in [0.15, 0.2) is 0 Å². The van der Waals surface area contributed by atoms with E-state index in [1.165, 1.54) is 32.0 Å². The average molecular weight is 355 g/mol. The summed E-state index contributed by atoms with van der Waals surface area (Å²) in [6, 6.07) is 3.84. The van der Waals surface area contributed by atoms with Gasteiger partial charge in [-0.05, 0) is 32.0 Å². The van der Waals surface area contributed by atoms with Gasteiger partial charge < -0.3 is 5.11 Å². The van der Waals surface area contributed by atoms with Crippen molar-refractivity contribution in [2.45, 2.75) is 13.8 Å². The molecule has 132 valence electrons. The van der Waals surface area contributed by atoms with Crippen molar-refractivity contribution >= 4 is 46.8 Å². The zero-order valence-electron chi connectivity index (χ0n) is 13.8. The van der Waals surface area contributed by atoms with E-state index in [9.17, 15) is 24.0 Å². The van der Waals surface area contributed by atoms with E-state index >= 15 is 0 Å². The van der Waals surface area contributed by atoms with Gasteiger partial charge >= 0.3 is 6.09 Å². The predicted octanol–water partition coefficient (Wildman–Crippen LogP) is 1.42. The van der Waals surface area contributed by atoms with Gasteiger partial charge in [-0.2, -0.15) is 0 Å². The summed E-state index contributed by atoms with van der Waals surface area (Å²) in [6.07, 6.45) is 0.920. The third kappa shape index (κ3) is 2.75. The highest BCUT2D eigenvalue weighted by molar-refractivity contribution is 6.32. The Bertz CT molecular complexity index is 893. The van der Waals surface area contributed by atoms with Gasteiger partial charge in [0.1, 0.15) is 0 Å². The summed E-state index contributed by atoms with van der Waals surface area (Å²) in [5.41, 5.74) is 0.525. The maximum Gasteiger partial charge on any atom is 0.409 e. The van der Waals surface area contributed by atoms with E-state index in [1.807, 2.05) is 0 Å². The Morgan fingerprint density at radius 3 is 1.58 bits per heavy atom. The van der Waals surface area contributed by atoms with Crippen molar-refractivity contribution in [2.75, 3.05) is 15.1 Å². The van der Waals surface area contributed by atoms with Crippen molar-refractivity contribution in [1.82, 2.24) is 0 Å². The maximum absolute atomic E-state index is 12.2. The molecule has 9 nitrogen and oxygen atoms in total. The zero-order chi connectivity index (χ0) is 19.2. The molecule has 0 spiro atoms. The first kappa shape index (κ1) is 17.1. The summed E-state index contributed by atoms with van der Waals surface area (Å²) in [4.78, 5) is 61.2. The molecule has 0 fully saturated rings. The van der Waals surface area contributed by atoms with Crippen molar-refractivity contribution in [3.05, 3.63) is 41.5 Å². The molecule has 2 aliphatic heterocycles. The number of hydrogen-bond acceptors (Lipinski definition) is 5. The largest absolute Gasteiger partial charge is 0.465 e. The molecule has 1 aromatic rings. The SMILES string of the molecule is CC1=CC(=O)N(c2cc(NC(=O)O)cc(N3C(=O)C=C(C)C3=O)c2)C1=O. The molecule has 1 aromatic carbocycles. The number of carbonyl (C=O) groups excluding carboxylic acids is 4. The lowest BCUT2D eigenvalue weighted by Crippen LogP contribution is -2.33. The molecule has 2 heterocycles. The monoisotopic (exact) mass is 355 g/mol. The first-order valence-corrected chi connectivity index (χ1v) is 7.47. The van der Waals surface area contributed by atoms with Crippen LogP contribution >= 0.6 is 0 Å². The highest BCUT2D eigenvalue weighted by atomic mass is 16.4. The Morgan fingerprint density at radius 2 is 1.27 bits per heavy atom. The number of hydrogen-bond donors (Lipinski definition) is 2. The van der Waals surface area contributed by atoms with E-state index in [2.05, 4.69) is 5.32 Å². The lowest BCUT2D eigenvalue weighted by Gasteiger charge is -2.21. The summed E-state index contributed by atoms with van der Waals surface area (Å²) >= 11 is 0. The summed E-state index contributed by atoms with van der Waals surface area (Å²) in [6.45, 7) is 2.95. The molecule has 2 aliphatic rings. The Morgan fingerprint density at radius 1 is 0.846 bits per heavy atom. The summed E-state index contributed by atoms with van der Waals surface area (Å²) < 4.78 is 0. The Labute approximate surface area is 147 Å². The molecule has 0 bridgehead atoms. The van der Waals surface area contributed by atoms with Gasteiger partial charge in [-0.15, -0.1) is 0 Å². The molecule has 0 aliphatic carbocycles. The summed E-state index contributed by atoms with van der Waals surface area (Å²) in [5, 5.41) is 11.0. The lowest BCUT2D eigenvalue weighted by atomic mass is 10.2. The Kier molecular flexibility index (Phi) is 3.91. The summed E-state index contributed by atoms with van der Waals surface area (Å²) in [5.74, 6) is -2.33. The van der Waals surface area contributed by atoms with Gasteiger partial charge in [-0.3, -0.25) is 24.5 Å². The van der Waals surface area contributed by atoms with Crippen molar-refractivity contribution in [1.29, 1.82) is 0 Å². The van der Waals surface area contributed by atoms with Gasteiger partial charge in [0.05, 0.1) is 11.4 Å². The first-order valence-electron chi connectivity index (χ1n) is 7.47. The average Bonchev–Trinajstić information content (AvgIpc) is 2.93. The van der Waals surface area contributed by atoms with E-state index in [1.54, 1.807) is 0 Å². The molecule has 3 rings (SSSR count). The van der Waals surface area contributed by atoms with Gasteiger partial charge in [-0.25, -0.2) is 14.6 Å². The van der Waals surface area contributed by atoms with Gasteiger partial charge in [0.2, 0.25) is 0 Å². The molecule has 26 heavy (non-hydrogen) atoms. The molecule has 0 radical (unpaired) electrons. The fourth-order valence-corrected chi connectivity index (χ4v) is 2.71. The van der Waals surface area contributed by atoms with E-state index in [0.717, 1.165) is 22.0 Å². The van der Waals surface area contributed by atoms with E-state index in [-0.39, 0.29) is 28.2 Å². The van der Waals surface area contributed by atoms with Crippen LogP contribution in [0.2, 0.25) is 0 Å². The molecule has 0 saturated carbocycles. The van der Waals surface area contributed by atoms with Crippen LogP contribution in [0.5, 0.6) is 0 Å². The second-order valence-corrected chi connectivity index (χ2v) is 5.78. The molecule has 0 unspecified atom stereocenters. The van der Waals surface area contributed by atoms with Crippen LogP contribution in [-0.2, 0) is 19.2 Å². The number of rotatable bonds is 3. The van der Waals surface area contributed by atoms with Crippen LogP contribution in [-0.4, -0.2) is 34.8 Å². The minimum atomic E-state index is -1.38. The number of benzene rings is 1. The van der Waals surface area contributed by atoms with Crippen molar-refractivity contribution in [2.24, 2.45) is 0 Å². The molecular formula is C17H13N3O6. The van der Waals surface area contributed by atoms with Crippen LogP contribution in [0.3, 0.4) is 0 Å². The standard InChI is InChI=1S/C17H13N3O6/c1-8-3-13(21)19(15(8)23)11-5-10(18-17(25)26)6-12(7-11)20-14(22)4-9(2)16(20)24/h3-7,18H,1-2H3,(H,25,26). The number of nitrogens with one attached hydrogen (secondary N) is 1. The van der Waals surface area contributed by atoms with Crippen molar-refractivity contribution in [3.8, 4) is 0 Å². The minimum absolute atomic E-state index is 0.000283. The Balaban J connectivity index is 2.10. The normalized spacial score (nSPS) is 17.0. The van der Waals surface area contributed by atoms with Crippen LogP contribution in [0.15, 0.2) is 41.5 Å². The first-order chi connectivity index (χ1) is 12.2. The smallest absolute Gasteiger partial charge is 0.409 e. The number of nitrogens with zero attached hydrogens (tertiary/aromatic N) is 2. The van der Waals surface area contributed by atoms with Crippen LogP contribution in [0.1, 0.15) is 13.8 Å². The molecule has 0 aromatic heterocycles. The van der Waals surface area contributed by atoms with Gasteiger partial charge in [-0.1, -0.05) is 0 Å². The number of anilines is 3. The molecule has 0 saturated heterocycles. The van der Waals surface area contributed by atoms with Crippen LogP contribution in [0, 0.1) is 0 Å². The topological polar surface area (TPSA) is 124 Å². The second kappa shape index (κ2) is 5.96. The molecule has 9 heteroatoms. The number of carboxylic acid groups (broad SMARTS) is 1. The minimum Gasteiger partial charge on any atom is -0.465 e. The molecule has 5 amide bonds. The number of amides is 5. The highest BCUT2D eigenvalue weighted by Crippen LogP contribution is 2.33. The van der Waals surface area contributed by atoms with Crippen molar-refractivity contribution in [3.63, 3.8) is 0 Å². The van der Waals surface area contributed by atoms with Crippen LogP contribution in [0.4, 0.5) is 21.9 Å². The van der Waals surface area contributed by atoms with Crippen LogP contribution < -0.4 is 15.1 Å². The zero-order valence-corrected chi connectivity index (χ0v) is 13.8. The highest BCUT2D eigenvalue weighted by Gasteiger charge is 2.33. The summed E-state index contributed by atoms with van der Waals surface area (Å²) in [7, 11) is 0. The van der Waals surface area contributed by atoms with Gasteiger partial charge in [0, 0.05) is 29.0 Å². The second-order valence-electron chi connectivity index (χ2n) is 5.78. The third-order valence-electron chi connectivity index (χ3n) is 3.87. The van der Waals surface area contributed by atoms with Crippen molar-refractivity contribution < 1.29 is 29.1 Å². The lowest BCUT2D eigenvalue weighted by molar-refractivity contribution is -0.121. The van der Waals surface area contributed by atoms with E-state index in [4.69, 9.17) is 5.11 Å². The predicted molar refractivity (Wildman–Crippen MR) is 90.6 cm³/mol. The fourth-order valence-electron chi connectivity index (χ4n) is 2.71. The van der Waals surface area contributed by atoms with Gasteiger partial charge in [0.25, 0.3) is 23.6 Å². The number of imide groups is 2. The number of carbonyl (C=O) groups is 5. The maximum atomic E-state index is 12.2. The molecule has 2 N–H and O–H groups in total. The molecular weight excluding hydrogens is 342 g/mol. The Hall–Kier alpha value is -3.75. The third-order valence-corrected chi connectivity index (χ3v) is 3.87. The van der Waals surface area contributed by atoms with E-state index < -0.39 is 29.7 Å². The fraction of sp³-hybridized carbons (Fsp3) is 0.118. The quantitative estimate of drug-likeness (QED) is 0.790. The van der Waals surface area contributed by atoms with Crippen LogP contribution in [0.25, 0.3) is 0 Å².